The first-order chi connectivity index (χ1) is 18.5. The Kier molecular flexibility index (Phi) is 10.9. The van der Waals surface area contributed by atoms with E-state index >= 15 is 0 Å². The first-order valence-electron chi connectivity index (χ1n) is 11.6. The van der Waals surface area contributed by atoms with Crippen molar-refractivity contribution in [3.8, 4) is 11.5 Å². The van der Waals surface area contributed by atoms with Gasteiger partial charge in [0.25, 0.3) is 0 Å². The number of alkyl halides is 5. The van der Waals surface area contributed by atoms with Crippen LogP contribution in [0.15, 0.2) is 59.8 Å². The lowest BCUT2D eigenvalue weighted by atomic mass is 10.0. The van der Waals surface area contributed by atoms with E-state index < -0.39 is 29.8 Å². The molecule has 0 amide bonds. The quantitative estimate of drug-likeness (QED) is 0.128. The van der Waals surface area contributed by atoms with E-state index in [1.54, 1.807) is 0 Å². The van der Waals surface area contributed by atoms with Crippen molar-refractivity contribution in [2.45, 2.75) is 43.0 Å². The van der Waals surface area contributed by atoms with Gasteiger partial charge in [-0.3, -0.25) is 0 Å². The van der Waals surface area contributed by atoms with Crippen molar-refractivity contribution in [1.82, 2.24) is 0 Å². The molecule has 216 valence electrons. The zero-order valence-electron chi connectivity index (χ0n) is 20.4. The van der Waals surface area contributed by atoms with Gasteiger partial charge in [-0.15, -0.1) is 0 Å². The Morgan fingerprint density at radius 2 is 1.68 bits per heavy atom. The fourth-order valence-corrected chi connectivity index (χ4v) is 4.72. The number of hydrogen-bond acceptors (Lipinski definition) is 6. The van der Waals surface area contributed by atoms with Crippen LogP contribution in [0.1, 0.15) is 35.6 Å². The minimum atomic E-state index is -4.51. The van der Waals surface area contributed by atoms with Crippen LogP contribution in [0.2, 0.25) is 10.0 Å². The summed E-state index contributed by atoms with van der Waals surface area (Å²) in [6.45, 7) is -2.77. The summed E-state index contributed by atoms with van der Waals surface area (Å²) in [5.74, 6) is 0.193. The van der Waals surface area contributed by atoms with Gasteiger partial charge in [0.05, 0.1) is 12.2 Å². The molecule has 1 saturated carbocycles. The molecule has 1 aliphatic carbocycles. The van der Waals surface area contributed by atoms with E-state index in [1.165, 1.54) is 30.6 Å². The largest absolute Gasteiger partial charge is 0.870 e. The van der Waals surface area contributed by atoms with Gasteiger partial charge in [0, 0.05) is 16.9 Å². The highest BCUT2D eigenvalue weighted by atomic mass is 35.5. The first-order valence-corrected chi connectivity index (χ1v) is 13.2. The topological polar surface area (TPSA) is 88.9 Å². The number of rotatable bonds is 10. The molecule has 0 unspecified atom stereocenters. The monoisotopic (exact) mass is 625 g/mol. The summed E-state index contributed by atoms with van der Waals surface area (Å²) in [5, 5.41) is -0.286. The van der Waals surface area contributed by atoms with Gasteiger partial charge in [-0.2, -0.15) is 22.0 Å². The Morgan fingerprint density at radius 1 is 1.02 bits per heavy atom. The first kappa shape index (κ1) is 31.7. The Hall–Kier alpha value is -2.80. The molecule has 1 fully saturated rings. The second-order valence-corrected chi connectivity index (χ2v) is 10.5. The molecular weight excluding hydrogens is 604 g/mol. The molecule has 2 aromatic carbocycles. The van der Waals surface area contributed by atoms with Crippen LogP contribution >= 0.6 is 35.0 Å². The standard InChI is InChI=1S/C26H20Cl2F5NO4S.H2O/c27-19-11-34-12-20(28)18(19)10-22(38-25(35)39-17-6-4-16(5-7-17)26(31,32)33)15-3-8-21(37-24(29)30)23(9-15)36-13-14-1-2-14;/h3-9,11-12,14,22,24H,1-2,10,13H2;1H2/t22-;/m0./s1. The fourth-order valence-electron chi connectivity index (χ4n) is 3.56. The van der Waals surface area contributed by atoms with Crippen molar-refractivity contribution in [3.05, 3.63) is 81.6 Å². The van der Waals surface area contributed by atoms with E-state index in [4.69, 9.17) is 32.7 Å². The normalized spacial score (nSPS) is 13.9. The Labute approximate surface area is 240 Å². The van der Waals surface area contributed by atoms with Crippen LogP contribution in [0.4, 0.5) is 26.7 Å². The summed E-state index contributed by atoms with van der Waals surface area (Å²) in [7, 11) is 0. The summed E-state index contributed by atoms with van der Waals surface area (Å²) >= 11 is 13.2. The smallest absolute Gasteiger partial charge is 0.416 e. The van der Waals surface area contributed by atoms with Crippen molar-refractivity contribution < 1.29 is 51.4 Å². The summed E-state index contributed by atoms with van der Waals surface area (Å²) in [4.78, 5) is 15.9. The average Bonchev–Trinajstić information content (AvgIpc) is 3.69. The van der Waals surface area contributed by atoms with Crippen molar-refractivity contribution in [1.29, 1.82) is 0 Å². The summed E-state index contributed by atoms with van der Waals surface area (Å²) < 4.78 is 80.6. The van der Waals surface area contributed by atoms with E-state index in [0.717, 1.165) is 37.1 Å². The van der Waals surface area contributed by atoms with Crippen molar-refractivity contribution in [2.75, 3.05) is 6.61 Å². The van der Waals surface area contributed by atoms with E-state index in [1.807, 2.05) is 0 Å². The van der Waals surface area contributed by atoms with Gasteiger partial charge < -0.3 is 19.7 Å². The molecular formula is C26H22Cl2F5NO5S. The summed E-state index contributed by atoms with van der Waals surface area (Å²) in [6, 6.07) is 8.21. The highest BCUT2D eigenvalue weighted by molar-refractivity contribution is 8.13. The van der Waals surface area contributed by atoms with E-state index in [-0.39, 0.29) is 38.3 Å². The van der Waals surface area contributed by atoms with Gasteiger partial charge in [0.15, 0.2) is 23.9 Å². The minimum absolute atomic E-state index is 0. The summed E-state index contributed by atoms with van der Waals surface area (Å²) in [6.07, 6.45) is -0.615. The molecule has 1 aromatic heterocycles. The molecule has 1 heterocycles. The Balaban J connectivity index is 0.00000441. The minimum Gasteiger partial charge on any atom is -0.870 e. The van der Waals surface area contributed by atoms with E-state index in [0.29, 0.717) is 35.4 Å². The number of aromatic amines is 1. The SMILES string of the molecule is O=C(O[C@@H](Cc1c(Cl)c[nH+]cc1Cl)c1ccc(OC(F)F)c(OCC2CC2)c1)Sc1ccc(C(F)(F)F)cc1.[OH-]. The number of halogens is 7. The van der Waals surface area contributed by atoms with E-state index in [2.05, 4.69) is 9.72 Å². The Morgan fingerprint density at radius 3 is 2.25 bits per heavy atom. The number of pyridine rings is 1. The van der Waals surface area contributed by atoms with Gasteiger partial charge in [-0.1, -0.05) is 29.3 Å². The second-order valence-electron chi connectivity index (χ2n) is 8.65. The van der Waals surface area contributed by atoms with Crippen molar-refractivity contribution >= 4 is 40.3 Å². The average molecular weight is 626 g/mol. The lowest BCUT2D eigenvalue weighted by Crippen LogP contribution is -2.14. The molecule has 0 spiro atoms. The molecule has 1 atom stereocenters. The molecule has 14 heteroatoms. The van der Waals surface area contributed by atoms with Gasteiger partial charge in [-0.05, 0) is 72.5 Å². The Bertz CT molecular complexity index is 1290. The maximum Gasteiger partial charge on any atom is 0.416 e. The highest BCUT2D eigenvalue weighted by Gasteiger charge is 2.30. The zero-order chi connectivity index (χ0) is 28.2. The van der Waals surface area contributed by atoms with Crippen LogP contribution in [0.5, 0.6) is 11.5 Å². The van der Waals surface area contributed by atoms with Gasteiger partial charge in [0.1, 0.15) is 16.1 Å². The molecule has 1 aliphatic rings. The highest BCUT2D eigenvalue weighted by Crippen LogP contribution is 2.39. The van der Waals surface area contributed by atoms with Gasteiger partial charge in [-0.25, -0.2) is 9.78 Å². The molecule has 0 saturated heterocycles. The fraction of sp³-hybridized carbons (Fsp3) is 0.308. The van der Waals surface area contributed by atoms with Crippen LogP contribution in [0.25, 0.3) is 0 Å². The number of ether oxygens (including phenoxy) is 3. The number of aromatic nitrogens is 1. The van der Waals surface area contributed by atoms with Gasteiger partial charge in [0.2, 0.25) is 0 Å². The van der Waals surface area contributed by atoms with Crippen LogP contribution in [0, 0.1) is 5.92 Å². The maximum absolute atomic E-state index is 13.0. The van der Waals surface area contributed by atoms with Crippen LogP contribution in [-0.4, -0.2) is 24.0 Å². The van der Waals surface area contributed by atoms with Crippen molar-refractivity contribution in [3.63, 3.8) is 0 Å². The summed E-state index contributed by atoms with van der Waals surface area (Å²) in [5.41, 5.74) is -0.0281. The molecule has 0 aliphatic heterocycles. The zero-order valence-corrected chi connectivity index (χ0v) is 22.7. The number of nitrogens with one attached hydrogen (secondary N) is 1. The van der Waals surface area contributed by atoms with Crippen LogP contribution in [0.3, 0.4) is 0 Å². The van der Waals surface area contributed by atoms with Crippen LogP contribution < -0.4 is 14.5 Å². The molecule has 40 heavy (non-hydrogen) atoms. The number of H-pyrrole nitrogens is 1. The third-order valence-corrected chi connectivity index (χ3v) is 7.18. The lowest BCUT2D eigenvalue weighted by Gasteiger charge is -2.21. The molecule has 0 bridgehead atoms. The predicted molar refractivity (Wildman–Crippen MR) is 136 cm³/mol. The number of thioether (sulfide) groups is 1. The van der Waals surface area contributed by atoms with Crippen LogP contribution in [-0.2, 0) is 17.3 Å². The number of carbonyl (C=O) groups is 1. The molecule has 2 N–H and O–H groups in total. The molecule has 0 radical (unpaired) electrons. The number of carbonyl (C=O) groups excluding carboxylic acids is 1. The van der Waals surface area contributed by atoms with E-state index in [9.17, 15) is 26.7 Å². The third kappa shape index (κ3) is 8.85. The van der Waals surface area contributed by atoms with Crippen molar-refractivity contribution in [2.24, 2.45) is 5.92 Å². The molecule has 6 nitrogen and oxygen atoms in total. The maximum atomic E-state index is 13.0. The predicted octanol–water partition coefficient (Wildman–Crippen LogP) is 8.25. The van der Waals surface area contributed by atoms with Gasteiger partial charge >= 0.3 is 18.1 Å². The lowest BCUT2D eigenvalue weighted by molar-refractivity contribution is -0.377. The number of benzene rings is 2. The second kappa shape index (κ2) is 13.7. The third-order valence-electron chi connectivity index (χ3n) is 5.73. The molecule has 3 aromatic rings. The number of hydrogen-bond donors (Lipinski definition) is 0. The molecule has 4 rings (SSSR count).